The molecule has 7 nitrogen and oxygen atoms in total. The number of sulfonamides is 1. The van der Waals surface area contributed by atoms with Gasteiger partial charge in [0.25, 0.3) is 0 Å². The van der Waals surface area contributed by atoms with E-state index in [0.29, 0.717) is 25.5 Å². The molecule has 1 amide bonds. The van der Waals surface area contributed by atoms with Crippen molar-refractivity contribution in [1.82, 2.24) is 4.31 Å². The first-order valence-electron chi connectivity index (χ1n) is 8.88. The fourth-order valence-corrected chi connectivity index (χ4v) is 4.90. The van der Waals surface area contributed by atoms with E-state index in [4.69, 9.17) is 9.47 Å². The maximum atomic E-state index is 13.1. The van der Waals surface area contributed by atoms with Gasteiger partial charge >= 0.3 is 0 Å². The number of amides is 1. The molecule has 0 spiro atoms. The third kappa shape index (κ3) is 4.99. The van der Waals surface area contributed by atoms with E-state index in [1.54, 1.807) is 25.1 Å². The number of anilines is 1. The highest BCUT2D eigenvalue weighted by Crippen LogP contribution is 2.30. The Hall–Kier alpha value is -2.20. The van der Waals surface area contributed by atoms with Gasteiger partial charge in [-0.25, -0.2) is 8.42 Å². The van der Waals surface area contributed by atoms with Crippen LogP contribution in [0.2, 0.25) is 0 Å². The van der Waals surface area contributed by atoms with Gasteiger partial charge in [0.1, 0.15) is 10.6 Å². The summed E-state index contributed by atoms with van der Waals surface area (Å²) in [5.41, 5.74) is 0.385. The Morgan fingerprint density at radius 2 is 2.11 bits per heavy atom. The highest BCUT2D eigenvalue weighted by Gasteiger charge is 2.29. The molecule has 2 heterocycles. The number of thiophene rings is 1. The lowest BCUT2D eigenvalue weighted by Gasteiger charge is -2.27. The maximum Gasteiger partial charge on any atom is 0.248 e. The van der Waals surface area contributed by atoms with Gasteiger partial charge in [-0.1, -0.05) is 6.07 Å². The topological polar surface area (TPSA) is 84.9 Å². The lowest BCUT2D eigenvalue weighted by atomic mass is 10.3. The summed E-state index contributed by atoms with van der Waals surface area (Å²) in [6, 6.07) is 8.43. The summed E-state index contributed by atoms with van der Waals surface area (Å²) >= 11 is 1.52. The molecule has 0 saturated carbocycles. The molecular formula is C19H22N2O5S2. The van der Waals surface area contributed by atoms with Crippen LogP contribution in [0.1, 0.15) is 11.8 Å². The maximum absolute atomic E-state index is 13.1. The largest absolute Gasteiger partial charge is 0.492 e. The second-order valence-corrected chi connectivity index (χ2v) is 8.83. The zero-order valence-corrected chi connectivity index (χ0v) is 17.1. The van der Waals surface area contributed by atoms with Gasteiger partial charge in [0, 0.05) is 29.7 Å². The van der Waals surface area contributed by atoms with Crippen molar-refractivity contribution >= 4 is 39.0 Å². The first-order valence-corrected chi connectivity index (χ1v) is 11.2. The Labute approximate surface area is 168 Å². The van der Waals surface area contributed by atoms with E-state index < -0.39 is 10.0 Å². The molecule has 0 aliphatic carbocycles. The minimum atomic E-state index is -3.76. The third-order valence-electron chi connectivity index (χ3n) is 4.04. The number of carbonyl (C=O) groups excluding carboxylic acids is 1. The smallest absolute Gasteiger partial charge is 0.248 e. The zero-order valence-electron chi connectivity index (χ0n) is 15.5. The summed E-state index contributed by atoms with van der Waals surface area (Å²) in [5, 5.41) is 4.63. The summed E-state index contributed by atoms with van der Waals surface area (Å²) in [5.74, 6) is -0.0756. The van der Waals surface area contributed by atoms with Crippen molar-refractivity contribution in [1.29, 1.82) is 0 Å². The number of hydrogen-bond acceptors (Lipinski definition) is 6. The Kier molecular flexibility index (Phi) is 6.84. The molecule has 9 heteroatoms. The van der Waals surface area contributed by atoms with Crippen LogP contribution in [0.25, 0.3) is 6.08 Å². The number of nitrogens with one attached hydrogen (secondary N) is 1. The number of ether oxygens (including phenoxy) is 2. The van der Waals surface area contributed by atoms with Crippen molar-refractivity contribution in [3.63, 3.8) is 0 Å². The molecule has 0 bridgehead atoms. The minimum Gasteiger partial charge on any atom is -0.492 e. The van der Waals surface area contributed by atoms with Crippen molar-refractivity contribution in [3.05, 3.63) is 46.7 Å². The lowest BCUT2D eigenvalue weighted by Crippen LogP contribution is -2.40. The van der Waals surface area contributed by atoms with Crippen LogP contribution in [0, 0.1) is 0 Å². The normalized spacial score (nSPS) is 15.6. The van der Waals surface area contributed by atoms with E-state index >= 15 is 0 Å². The third-order valence-corrected chi connectivity index (χ3v) is 6.80. The SMILES string of the molecule is CCOc1ccc(NC(=O)/C=C/c2cccs2)cc1S(=O)(=O)N1CCOCC1. The second-order valence-electron chi connectivity index (χ2n) is 5.95. The van der Waals surface area contributed by atoms with Crippen LogP contribution < -0.4 is 10.1 Å². The molecule has 1 aromatic carbocycles. The Bertz CT molecular complexity index is 933. The summed E-state index contributed by atoms with van der Waals surface area (Å²) in [6.07, 6.45) is 3.12. The van der Waals surface area contributed by atoms with Crippen molar-refractivity contribution in [2.24, 2.45) is 0 Å². The van der Waals surface area contributed by atoms with Gasteiger partial charge in [-0.15, -0.1) is 11.3 Å². The molecule has 1 aromatic heterocycles. The molecular weight excluding hydrogens is 400 g/mol. The standard InChI is InChI=1S/C19H22N2O5S2/c1-2-26-17-7-5-15(20-19(22)8-6-16-4-3-13-27-16)14-18(17)28(23,24)21-9-11-25-12-10-21/h3-8,13-14H,2,9-12H2,1H3,(H,20,22)/b8-6+. The van der Waals surface area contributed by atoms with Gasteiger partial charge in [-0.3, -0.25) is 4.79 Å². The van der Waals surface area contributed by atoms with E-state index in [1.807, 2.05) is 17.5 Å². The average molecular weight is 423 g/mol. The van der Waals surface area contributed by atoms with E-state index in [9.17, 15) is 13.2 Å². The molecule has 1 saturated heterocycles. The predicted octanol–water partition coefficient (Wildman–Crippen LogP) is 2.82. The fourth-order valence-electron chi connectivity index (χ4n) is 2.72. The van der Waals surface area contributed by atoms with Crippen LogP contribution in [0.15, 0.2) is 46.7 Å². The lowest BCUT2D eigenvalue weighted by molar-refractivity contribution is -0.111. The zero-order chi connectivity index (χ0) is 20.0. The number of benzene rings is 1. The Morgan fingerprint density at radius 3 is 2.79 bits per heavy atom. The summed E-state index contributed by atoms with van der Waals surface area (Å²) in [7, 11) is -3.76. The Balaban J connectivity index is 1.83. The molecule has 1 aliphatic rings. The summed E-state index contributed by atoms with van der Waals surface area (Å²) in [4.78, 5) is 13.2. The second kappa shape index (κ2) is 9.33. The molecule has 0 atom stereocenters. The van der Waals surface area contributed by atoms with Gasteiger partial charge in [0.15, 0.2) is 0 Å². The van der Waals surface area contributed by atoms with Gasteiger partial charge in [-0.2, -0.15) is 4.31 Å². The van der Waals surface area contributed by atoms with E-state index in [2.05, 4.69) is 5.32 Å². The van der Waals surface area contributed by atoms with Crippen molar-refractivity contribution in [2.45, 2.75) is 11.8 Å². The average Bonchev–Trinajstić information content (AvgIpc) is 3.22. The molecule has 28 heavy (non-hydrogen) atoms. The molecule has 1 fully saturated rings. The molecule has 3 rings (SSSR count). The fraction of sp³-hybridized carbons (Fsp3) is 0.316. The van der Waals surface area contributed by atoms with Crippen LogP contribution >= 0.6 is 11.3 Å². The molecule has 2 aromatic rings. The highest BCUT2D eigenvalue weighted by atomic mass is 32.2. The minimum absolute atomic E-state index is 0.0382. The van der Waals surface area contributed by atoms with Crippen LogP contribution in [0.5, 0.6) is 5.75 Å². The molecule has 1 N–H and O–H groups in total. The number of hydrogen-bond donors (Lipinski definition) is 1. The first-order chi connectivity index (χ1) is 13.5. The quantitative estimate of drug-likeness (QED) is 0.694. The number of carbonyl (C=O) groups is 1. The van der Waals surface area contributed by atoms with Gasteiger partial charge in [0.2, 0.25) is 15.9 Å². The summed E-state index contributed by atoms with van der Waals surface area (Å²) in [6.45, 7) is 3.40. The number of rotatable bonds is 7. The van der Waals surface area contributed by atoms with Crippen LogP contribution in [0.4, 0.5) is 5.69 Å². The Morgan fingerprint density at radius 1 is 1.32 bits per heavy atom. The number of morpholine rings is 1. The van der Waals surface area contributed by atoms with Gasteiger partial charge in [-0.05, 0) is 42.6 Å². The number of nitrogens with zero attached hydrogens (tertiary/aromatic N) is 1. The molecule has 0 radical (unpaired) electrons. The first kappa shape index (κ1) is 20.5. The van der Waals surface area contributed by atoms with Crippen LogP contribution in [-0.2, 0) is 19.6 Å². The molecule has 150 valence electrons. The predicted molar refractivity (Wildman–Crippen MR) is 109 cm³/mol. The van der Waals surface area contributed by atoms with Crippen LogP contribution in [-0.4, -0.2) is 51.5 Å². The van der Waals surface area contributed by atoms with E-state index in [-0.39, 0.29) is 29.6 Å². The summed E-state index contributed by atoms with van der Waals surface area (Å²) < 4.78 is 38.3. The van der Waals surface area contributed by atoms with E-state index in [1.165, 1.54) is 27.8 Å². The van der Waals surface area contributed by atoms with Gasteiger partial charge in [0.05, 0.1) is 19.8 Å². The van der Waals surface area contributed by atoms with E-state index in [0.717, 1.165) is 4.88 Å². The molecule has 1 aliphatic heterocycles. The monoisotopic (exact) mass is 422 g/mol. The highest BCUT2D eigenvalue weighted by molar-refractivity contribution is 7.89. The van der Waals surface area contributed by atoms with Crippen molar-refractivity contribution in [3.8, 4) is 5.75 Å². The van der Waals surface area contributed by atoms with Crippen LogP contribution in [0.3, 0.4) is 0 Å². The van der Waals surface area contributed by atoms with Crippen molar-refractivity contribution < 1.29 is 22.7 Å². The molecule has 0 unspecified atom stereocenters. The van der Waals surface area contributed by atoms with Crippen molar-refractivity contribution in [2.75, 3.05) is 38.2 Å². The van der Waals surface area contributed by atoms with Gasteiger partial charge < -0.3 is 14.8 Å².